The van der Waals surface area contributed by atoms with Crippen molar-refractivity contribution in [3.05, 3.63) is 137 Å². The van der Waals surface area contributed by atoms with Crippen molar-refractivity contribution in [3.8, 4) is 55.1 Å². The molecule has 2 aromatic rings. The highest BCUT2D eigenvalue weighted by molar-refractivity contribution is 8.09. The van der Waals surface area contributed by atoms with Gasteiger partial charge < -0.3 is 166 Å². The summed E-state index contributed by atoms with van der Waals surface area (Å²) in [5, 5.41) is 92.5. The molecule has 4 saturated heterocycles. The maximum atomic E-state index is 12.5. The second kappa shape index (κ2) is 44.3. The largest absolute Gasteiger partial charge is 0.488 e. The van der Waals surface area contributed by atoms with Crippen molar-refractivity contribution < 1.29 is 218 Å². The van der Waals surface area contributed by atoms with E-state index in [9.17, 15) is 126 Å². The van der Waals surface area contributed by atoms with Crippen LogP contribution in [0.25, 0.3) is 0 Å². The van der Waals surface area contributed by atoms with Gasteiger partial charge in [-0.15, -0.1) is 25.7 Å². The molecule has 130 heavy (non-hydrogen) atoms. The minimum Gasteiger partial charge on any atom is -0.462 e. The van der Waals surface area contributed by atoms with Crippen molar-refractivity contribution in [2.24, 2.45) is 0 Å². The molecule has 9 rings (SSSR count). The topological polar surface area (TPSA) is 824 Å². The van der Waals surface area contributed by atoms with Crippen molar-refractivity contribution in [1.29, 1.82) is 0 Å². The van der Waals surface area contributed by atoms with Crippen LogP contribution in [0.5, 0.6) is 5.75 Å². The van der Waals surface area contributed by atoms with Crippen molar-refractivity contribution >= 4 is 145 Å². The monoisotopic (exact) mass is 2120 g/mol. The standard InChI is InChI=1S/C25H31N2O8PS.2C12H17N2O13P3S.C11H15N2O14P3S/c1-6-25(31)22(29)20(34-24(25)27-13-12-17(4)14-21(27)28)15-32-36(37,35-19-10-8-7-9-11-19)26-18(5)23(30)33-16(2)3;2*1-3-12(17)10(16)8(25-11(12)14-5-4-9(15)13-7(14)2)6-24-30(23,31)27-29(21,22)26-28(18,19)20;1-2-11(17)8(15)6(25-9(11)13-4-3-7(14)12-10(13)16)5-24-30(23,31)27-29(21,22)26-28(18,19)20/h1,7-13,16,18,20,22,24,29,31H,4,14-15H2,2-3,5H3,(H,26,37);2*1,4-5,8,10-11,16-17H,2,6H2,(H,13,15)(H,21,22)(H,23,31)(H2,18,19,20);1,3-4,6,8-9,15,17H,5H2,(H,21,22)(H,23,31)(H,12,14,16)(H2,18,19,20)/t18-,20+,22+,24+,25+,36+;2*8-,10-,11-,12-,30?;6-,8-,9-,11-,30?/m0111/s1. The van der Waals surface area contributed by atoms with E-state index in [0.29, 0.717) is 15.9 Å². The lowest BCUT2D eigenvalue weighted by Gasteiger charge is -2.36. The Morgan fingerprint density at radius 2 is 0.846 bits per heavy atom. The number of terminal acetylenes is 4. The molecule has 70 heteroatoms. The zero-order valence-electron chi connectivity index (χ0n) is 65.8. The second-order valence-electron chi connectivity index (χ2n) is 26.7. The predicted octanol–water partition coefficient (Wildman–Crippen LogP) is -3.77. The van der Waals surface area contributed by atoms with Crippen LogP contribution >= 0.6 is 73.7 Å². The molecule has 24 atom stereocenters. The summed E-state index contributed by atoms with van der Waals surface area (Å²) in [6.07, 6.45) is 10.3. The summed E-state index contributed by atoms with van der Waals surface area (Å²) < 4.78 is 143. The molecule has 0 saturated carbocycles. The van der Waals surface area contributed by atoms with E-state index in [-0.39, 0.29) is 30.8 Å². The van der Waals surface area contributed by atoms with E-state index in [4.69, 9.17) is 109 Å². The average molecular weight is 2120 g/mol. The van der Waals surface area contributed by atoms with E-state index in [1.54, 1.807) is 57.2 Å². The molecule has 722 valence electrons. The van der Waals surface area contributed by atoms with Crippen LogP contribution < -0.4 is 31.5 Å². The van der Waals surface area contributed by atoms with Gasteiger partial charge in [0.15, 0.2) is 47.3 Å². The van der Waals surface area contributed by atoms with Gasteiger partial charge in [-0.05, 0) is 91.8 Å². The zero-order chi connectivity index (χ0) is 98.9. The van der Waals surface area contributed by atoms with Crippen LogP contribution in [0.4, 0.5) is 0 Å². The number of aliphatic hydroxyl groups excluding tert-OH is 4. The first-order chi connectivity index (χ1) is 59.4. The molecule has 0 aliphatic carbocycles. The van der Waals surface area contributed by atoms with Crippen LogP contribution in [-0.2, 0) is 161 Å². The molecular weight excluding hydrogens is 2040 g/mol. The van der Waals surface area contributed by atoms with E-state index < -0.39 is 231 Å². The number of rotatable bonds is 34. The number of carbonyl (C=O) groups is 4. The SMILES string of the molecule is C#C[C@@]1(O)[C@H](O)[C@@H](COP(O)(=S)OP(=O)(O)OP(=O)(O)O)O[C@H]1N1C=CC(=O)NC1=C.C#C[C@@]1(O)[C@H](O)[C@@H](COP(O)(=S)OP(=O)(O)OP(=O)(O)O)O[C@H]1N1C=CC(=O)NC1=C.C#C[C@@]1(O)[C@H](O)[C@@H](COP(O)(=S)OP(=O)(O)OP(=O)(O)O)O[C@H]1n1ccc(=O)[nH]c1=O.C#C[C@@]1(O)[C@H](O)[C@@H](CO[P@](=S)(N[C@@H](C)C(=O)OC(C)C)Oc2ccccc2)O[C@H]1N1C=CC(=C)CC1=O. The molecule has 0 bridgehead atoms. The van der Waals surface area contributed by atoms with Crippen molar-refractivity contribution in [1.82, 2.24) is 40.0 Å². The predicted molar refractivity (Wildman–Crippen MR) is 447 cm³/mol. The quantitative estimate of drug-likeness (QED) is 0.0182. The fraction of sp³-hybridized carbons (Fsp3) is 0.433. The number of phosphoric acid groups is 6. The van der Waals surface area contributed by atoms with Gasteiger partial charge >= 0.3 is 85.4 Å². The van der Waals surface area contributed by atoms with Gasteiger partial charge in [0.2, 0.25) is 5.91 Å². The van der Waals surface area contributed by atoms with Crippen LogP contribution in [0.2, 0.25) is 0 Å². The highest BCUT2D eigenvalue weighted by atomic mass is 32.5. The minimum atomic E-state index is -5.57. The summed E-state index contributed by atoms with van der Waals surface area (Å²) in [5.41, 5.74) is -10.8. The summed E-state index contributed by atoms with van der Waals surface area (Å²) in [7, 11) is -33.1. The van der Waals surface area contributed by atoms with Crippen molar-refractivity contribution in [2.45, 2.75) is 135 Å². The Labute approximate surface area is 753 Å². The molecule has 0 spiro atoms. The Balaban J connectivity index is 0.000000268. The van der Waals surface area contributed by atoms with Crippen LogP contribution in [0.15, 0.2) is 126 Å². The number of para-hydroxylation sites is 1. The number of nitrogens with zero attached hydrogens (tertiary/aromatic N) is 4. The molecular formula is C60H80N8O48P10S4. The van der Waals surface area contributed by atoms with Gasteiger partial charge in [-0.25, -0.2) is 50.2 Å². The number of H-pyrrole nitrogens is 1. The number of allylic oxidation sites excluding steroid dienone is 1. The fourth-order valence-corrected chi connectivity index (χ4v) is 25.4. The number of aromatic amines is 1. The highest BCUT2D eigenvalue weighted by Crippen LogP contribution is 2.69. The second-order valence-corrected chi connectivity index (χ2v) is 47.3. The normalized spacial score (nSPS) is 30.8. The summed E-state index contributed by atoms with van der Waals surface area (Å²) in [4.78, 5) is 185. The fourth-order valence-electron chi connectivity index (χ4n) is 11.1. The summed E-state index contributed by atoms with van der Waals surface area (Å²) in [6.45, 7) is -4.70. The van der Waals surface area contributed by atoms with Crippen LogP contribution in [0, 0.1) is 49.4 Å². The molecule has 4 fully saturated rings. The number of hydrogen-bond donors (Lipinski definition) is 24. The number of ether oxygens (including phenoxy) is 5. The third-order valence-corrected chi connectivity index (χ3v) is 33.3. The summed E-state index contributed by atoms with van der Waals surface area (Å²) >= 11 is 19.0. The van der Waals surface area contributed by atoms with Gasteiger partial charge in [0.05, 0.1) is 39.0 Å². The Hall–Kier alpha value is -5.56. The molecule has 8 heterocycles. The van der Waals surface area contributed by atoms with Gasteiger partial charge in [-0.2, -0.15) is 12.9 Å². The Morgan fingerprint density at radius 1 is 0.515 bits per heavy atom. The number of carbonyl (C=O) groups excluding carboxylic acids is 4. The van der Waals surface area contributed by atoms with Gasteiger partial charge in [0, 0.05) is 43.0 Å². The smallest absolute Gasteiger partial charge is 0.462 e. The van der Waals surface area contributed by atoms with E-state index in [0.717, 1.165) is 39.1 Å². The first-order valence-electron chi connectivity index (χ1n) is 34.8. The first kappa shape index (κ1) is 113. The lowest BCUT2D eigenvalue weighted by Crippen LogP contribution is -2.54. The lowest BCUT2D eigenvalue weighted by atomic mass is 9.94. The number of aromatic nitrogens is 2. The number of hydrogen-bond acceptors (Lipinski definition) is 42. The molecule has 24 N–H and O–H groups in total. The van der Waals surface area contributed by atoms with Crippen LogP contribution in [0.3, 0.4) is 0 Å². The molecule has 7 aliphatic rings. The molecule has 56 nitrogen and oxygen atoms in total. The maximum absolute atomic E-state index is 12.5. The third-order valence-electron chi connectivity index (χ3n) is 16.7. The molecule has 6 unspecified atom stereocenters. The molecule has 3 amide bonds. The summed E-state index contributed by atoms with van der Waals surface area (Å²) in [5.74, 6) is 6.19. The highest BCUT2D eigenvalue weighted by Gasteiger charge is 2.62. The number of nitrogens with one attached hydrogen (secondary N) is 4. The lowest BCUT2D eigenvalue weighted by molar-refractivity contribution is -0.150. The first-order valence-corrected chi connectivity index (χ1v) is 54.2. The zero-order valence-corrected chi connectivity index (χ0v) is 78.0. The van der Waals surface area contributed by atoms with E-state index in [1.807, 2.05) is 22.7 Å². The van der Waals surface area contributed by atoms with Crippen LogP contribution in [-0.4, -0.2) is 276 Å². The van der Waals surface area contributed by atoms with Gasteiger partial charge in [0.1, 0.15) is 72.3 Å². The Morgan fingerprint density at radius 3 is 1.17 bits per heavy atom. The van der Waals surface area contributed by atoms with Crippen molar-refractivity contribution in [3.63, 3.8) is 0 Å². The summed E-state index contributed by atoms with van der Waals surface area (Å²) in [6, 6.07) is 8.63. The molecule has 7 aliphatic heterocycles. The van der Waals surface area contributed by atoms with Gasteiger partial charge in [-0.3, -0.25) is 38.4 Å². The number of esters is 1. The molecule has 1 aromatic carbocycles. The Kier molecular flexibility index (Phi) is 38.5. The maximum Gasteiger partial charge on any atom is 0.488 e. The average Bonchev–Trinajstić information content (AvgIpc) is 1.62. The van der Waals surface area contributed by atoms with Crippen molar-refractivity contribution in [2.75, 3.05) is 26.4 Å². The van der Waals surface area contributed by atoms with Crippen LogP contribution in [0.1, 0.15) is 33.4 Å². The van der Waals surface area contributed by atoms with E-state index in [1.165, 1.54) is 18.6 Å². The number of aliphatic hydroxyl groups is 8. The van der Waals surface area contributed by atoms with Gasteiger partial charge in [0.25, 0.3) is 17.4 Å². The van der Waals surface area contributed by atoms with Gasteiger partial charge in [-0.1, -0.05) is 61.6 Å². The molecule has 0 radical (unpaired) electrons. The number of amides is 3. The van der Waals surface area contributed by atoms with E-state index in [2.05, 4.69) is 107 Å². The third kappa shape index (κ3) is 31.2. The Bertz CT molecular complexity index is 5400. The van der Waals surface area contributed by atoms with E-state index >= 15 is 0 Å². The molecule has 1 aromatic heterocycles. The number of benzene rings is 1. The minimum absolute atomic E-state index is 0.00821.